The average Bonchev–Trinajstić information content (AvgIpc) is 3.43. The summed E-state index contributed by atoms with van der Waals surface area (Å²) in [6.45, 7) is 4.64. The van der Waals surface area contributed by atoms with Crippen LogP contribution in [0.1, 0.15) is 29.7 Å². The number of anilines is 1. The number of hydrogen-bond acceptors (Lipinski definition) is 8. The second kappa shape index (κ2) is 10.6. The molecule has 192 valence electrons. The van der Waals surface area contributed by atoms with Gasteiger partial charge in [-0.1, -0.05) is 12.1 Å². The van der Waals surface area contributed by atoms with E-state index in [9.17, 15) is 10.1 Å². The predicted octanol–water partition coefficient (Wildman–Crippen LogP) is 3.53. The fourth-order valence-electron chi connectivity index (χ4n) is 5.21. The Labute approximate surface area is 221 Å². The first-order valence-electron chi connectivity index (χ1n) is 13.0. The van der Waals surface area contributed by atoms with E-state index < -0.39 is 0 Å². The van der Waals surface area contributed by atoms with Crippen molar-refractivity contribution in [3.05, 3.63) is 65.6 Å². The van der Waals surface area contributed by atoms with Crippen LogP contribution in [0.25, 0.3) is 11.3 Å². The first-order valence-corrected chi connectivity index (χ1v) is 13.0. The lowest BCUT2D eigenvalue weighted by Gasteiger charge is -2.29. The first-order chi connectivity index (χ1) is 18.7. The number of fused-ring (bicyclic) bond motifs is 1. The second-order valence-corrected chi connectivity index (χ2v) is 9.68. The van der Waals surface area contributed by atoms with Gasteiger partial charge in [0.05, 0.1) is 35.9 Å². The number of likely N-dealkylation sites (tertiary alicyclic amines) is 1. The molecule has 6 rings (SSSR count). The van der Waals surface area contributed by atoms with Gasteiger partial charge >= 0.3 is 0 Å². The van der Waals surface area contributed by atoms with Crippen LogP contribution in [-0.4, -0.2) is 72.5 Å². The summed E-state index contributed by atoms with van der Waals surface area (Å²) in [6, 6.07) is 16.3. The van der Waals surface area contributed by atoms with Gasteiger partial charge in [-0.3, -0.25) is 4.79 Å². The molecule has 2 saturated heterocycles. The lowest BCUT2D eigenvalue weighted by molar-refractivity contribution is -0.119. The van der Waals surface area contributed by atoms with Gasteiger partial charge in [-0.15, -0.1) is 0 Å². The van der Waals surface area contributed by atoms with Gasteiger partial charge in [-0.05, 0) is 35.9 Å². The maximum absolute atomic E-state index is 11.0. The lowest BCUT2D eigenvalue weighted by atomic mass is 10.0. The minimum atomic E-state index is -0.0192. The number of hydrogen-bond donors (Lipinski definition) is 0. The van der Waals surface area contributed by atoms with E-state index >= 15 is 0 Å². The Bertz CT molecular complexity index is 1400. The molecule has 38 heavy (non-hydrogen) atoms. The number of carbonyl (C=O) groups is 1. The van der Waals surface area contributed by atoms with Crippen molar-refractivity contribution in [1.29, 1.82) is 5.26 Å². The fourth-order valence-corrected chi connectivity index (χ4v) is 5.21. The maximum Gasteiger partial charge on any atom is 0.209 e. The van der Waals surface area contributed by atoms with Crippen molar-refractivity contribution in [2.24, 2.45) is 4.99 Å². The largest absolute Gasteiger partial charge is 0.489 e. The van der Waals surface area contributed by atoms with Crippen molar-refractivity contribution in [1.82, 2.24) is 14.9 Å². The van der Waals surface area contributed by atoms with Gasteiger partial charge < -0.3 is 19.3 Å². The number of nitriles is 1. The summed E-state index contributed by atoms with van der Waals surface area (Å²) in [6.07, 6.45) is 4.54. The van der Waals surface area contributed by atoms with Crippen molar-refractivity contribution >= 4 is 23.5 Å². The highest BCUT2D eigenvalue weighted by molar-refractivity contribution is 6.07. The fraction of sp³-hybridized carbons (Fsp3) is 0.345. The monoisotopic (exact) mass is 508 g/mol. The Morgan fingerprint density at radius 3 is 2.50 bits per heavy atom. The second-order valence-electron chi connectivity index (χ2n) is 9.68. The molecule has 0 bridgehead atoms. The summed E-state index contributed by atoms with van der Waals surface area (Å²) in [5.41, 5.74) is 6.79. The van der Waals surface area contributed by atoms with E-state index in [1.54, 1.807) is 11.2 Å². The van der Waals surface area contributed by atoms with Crippen LogP contribution in [0.15, 0.2) is 53.8 Å². The summed E-state index contributed by atoms with van der Waals surface area (Å²) in [5.74, 6) is 0.552. The Hall–Kier alpha value is -4.29. The average molecular weight is 509 g/mol. The molecule has 0 atom stereocenters. The number of rotatable bonds is 6. The molecule has 1 amide bonds. The Kier molecular flexibility index (Phi) is 6.71. The molecule has 2 aromatic carbocycles. The summed E-state index contributed by atoms with van der Waals surface area (Å²) in [7, 11) is 0. The van der Waals surface area contributed by atoms with Crippen LogP contribution in [0.3, 0.4) is 0 Å². The highest BCUT2D eigenvalue weighted by Crippen LogP contribution is 2.37. The molecule has 9 nitrogen and oxygen atoms in total. The molecule has 3 aliphatic heterocycles. The topological polar surface area (TPSA) is 104 Å². The SMILES string of the molecule is N#Cc1cc(-c2ncnc3c2N=C(c2ccc(N4CCOCC4)cc2)C3)ccc1OC1CCN(C=O)CC1. The van der Waals surface area contributed by atoms with E-state index in [-0.39, 0.29) is 6.10 Å². The van der Waals surface area contributed by atoms with Crippen LogP contribution in [0.4, 0.5) is 11.4 Å². The minimum absolute atomic E-state index is 0.0192. The predicted molar refractivity (Wildman–Crippen MR) is 143 cm³/mol. The molecular formula is C29H28N6O3. The zero-order chi connectivity index (χ0) is 25.9. The quantitative estimate of drug-likeness (QED) is 0.469. The molecular weight excluding hydrogens is 480 g/mol. The van der Waals surface area contributed by atoms with Gasteiger partial charge in [-0.2, -0.15) is 5.26 Å². The Balaban J connectivity index is 1.22. The Morgan fingerprint density at radius 1 is 1.00 bits per heavy atom. The van der Waals surface area contributed by atoms with Crippen LogP contribution in [0, 0.1) is 11.3 Å². The zero-order valence-corrected chi connectivity index (χ0v) is 21.0. The summed E-state index contributed by atoms with van der Waals surface area (Å²) in [4.78, 5) is 29.0. The van der Waals surface area contributed by atoms with Gasteiger partial charge in [0.2, 0.25) is 6.41 Å². The molecule has 3 aromatic rings. The molecule has 0 saturated carbocycles. The van der Waals surface area contributed by atoms with Crippen LogP contribution < -0.4 is 9.64 Å². The molecule has 2 fully saturated rings. The van der Waals surface area contributed by atoms with E-state index in [0.29, 0.717) is 36.5 Å². The van der Waals surface area contributed by atoms with Gasteiger partial charge in [-0.25, -0.2) is 15.0 Å². The molecule has 4 heterocycles. The molecule has 0 unspecified atom stereocenters. The van der Waals surface area contributed by atoms with Gasteiger partial charge in [0.15, 0.2) is 0 Å². The normalized spacial score (nSPS) is 17.5. The third kappa shape index (κ3) is 4.83. The number of aliphatic imine (C=N–C) groups is 1. The van der Waals surface area contributed by atoms with Gasteiger partial charge in [0.1, 0.15) is 29.9 Å². The molecule has 0 N–H and O–H groups in total. The number of nitrogens with zero attached hydrogens (tertiary/aromatic N) is 6. The van der Waals surface area contributed by atoms with Crippen molar-refractivity contribution in [3.8, 4) is 23.1 Å². The molecule has 1 aromatic heterocycles. The Morgan fingerprint density at radius 2 is 1.76 bits per heavy atom. The number of ether oxygens (including phenoxy) is 2. The number of benzene rings is 2. The minimum Gasteiger partial charge on any atom is -0.489 e. The lowest BCUT2D eigenvalue weighted by Crippen LogP contribution is -2.37. The van der Waals surface area contributed by atoms with Crippen molar-refractivity contribution in [2.75, 3.05) is 44.3 Å². The standard InChI is InChI=1S/C29H28N6O3/c30-17-22-15-21(3-6-27(22)38-24-7-9-34(19-36)10-8-24)28-29-26(31-18-32-28)16-25(33-29)20-1-4-23(5-2-20)35-11-13-37-14-12-35/h1-6,15,18-19,24H,7-14,16H2. The van der Waals surface area contributed by atoms with Crippen molar-refractivity contribution < 1.29 is 14.3 Å². The van der Waals surface area contributed by atoms with Crippen LogP contribution in [0.5, 0.6) is 5.75 Å². The van der Waals surface area contributed by atoms with E-state index in [4.69, 9.17) is 14.5 Å². The van der Waals surface area contributed by atoms with Crippen LogP contribution >= 0.6 is 0 Å². The van der Waals surface area contributed by atoms with E-state index in [1.807, 2.05) is 18.2 Å². The number of carbonyl (C=O) groups excluding carboxylic acids is 1. The molecule has 3 aliphatic rings. The summed E-state index contributed by atoms with van der Waals surface area (Å²) in [5, 5.41) is 9.84. The summed E-state index contributed by atoms with van der Waals surface area (Å²) >= 11 is 0. The smallest absolute Gasteiger partial charge is 0.209 e. The summed E-state index contributed by atoms with van der Waals surface area (Å²) < 4.78 is 11.6. The number of morpholine rings is 1. The third-order valence-corrected chi connectivity index (χ3v) is 7.35. The molecule has 0 radical (unpaired) electrons. The number of piperidine rings is 1. The van der Waals surface area contributed by atoms with Crippen LogP contribution in [0.2, 0.25) is 0 Å². The maximum atomic E-state index is 11.0. The number of aromatic nitrogens is 2. The van der Waals surface area contributed by atoms with E-state index in [0.717, 1.165) is 73.8 Å². The van der Waals surface area contributed by atoms with E-state index in [2.05, 4.69) is 45.2 Å². The third-order valence-electron chi connectivity index (χ3n) is 7.35. The molecule has 9 heteroatoms. The highest BCUT2D eigenvalue weighted by atomic mass is 16.5. The number of amides is 1. The highest BCUT2D eigenvalue weighted by Gasteiger charge is 2.24. The van der Waals surface area contributed by atoms with Gasteiger partial charge in [0.25, 0.3) is 0 Å². The van der Waals surface area contributed by atoms with Crippen molar-refractivity contribution in [3.63, 3.8) is 0 Å². The van der Waals surface area contributed by atoms with Crippen LogP contribution in [-0.2, 0) is 16.0 Å². The van der Waals surface area contributed by atoms with E-state index in [1.165, 1.54) is 5.69 Å². The first kappa shape index (κ1) is 24.1. The molecule has 0 aliphatic carbocycles. The van der Waals surface area contributed by atoms with Gasteiger partial charge in [0, 0.05) is 56.7 Å². The molecule has 0 spiro atoms. The van der Waals surface area contributed by atoms with Crippen molar-refractivity contribution in [2.45, 2.75) is 25.4 Å². The zero-order valence-electron chi connectivity index (χ0n) is 21.0.